The van der Waals surface area contributed by atoms with Gasteiger partial charge in [-0.05, 0) is 24.6 Å². The Hall–Kier alpha value is -1.94. The van der Waals surface area contributed by atoms with Gasteiger partial charge in [-0.15, -0.1) is 5.10 Å². The average molecular weight is 242 g/mol. The normalized spacial score (nSPS) is 10.4. The minimum Gasteiger partial charge on any atom is -0.354 e. The van der Waals surface area contributed by atoms with Crippen LogP contribution in [0.2, 0.25) is 0 Å². The molecule has 0 fully saturated rings. The lowest BCUT2D eigenvalue weighted by Gasteiger charge is -2.17. The molecule has 0 saturated heterocycles. The molecule has 0 unspecified atom stereocenters. The van der Waals surface area contributed by atoms with Gasteiger partial charge in [0, 0.05) is 20.1 Å². The molecule has 4 heteroatoms. The molecule has 0 amide bonds. The third kappa shape index (κ3) is 3.05. The fourth-order valence-corrected chi connectivity index (χ4v) is 1.83. The second-order valence-electron chi connectivity index (χ2n) is 4.43. The van der Waals surface area contributed by atoms with Crippen molar-refractivity contribution in [3.05, 3.63) is 53.2 Å². The zero-order valence-electron chi connectivity index (χ0n) is 10.8. The van der Waals surface area contributed by atoms with Crippen molar-refractivity contribution < 1.29 is 0 Å². The van der Waals surface area contributed by atoms with Crippen LogP contribution in [0.1, 0.15) is 16.8 Å². The molecule has 1 aromatic heterocycles. The number of nitrogens with zero attached hydrogens (tertiary/aromatic N) is 3. The van der Waals surface area contributed by atoms with Crippen molar-refractivity contribution in [2.45, 2.75) is 20.0 Å². The Balaban J connectivity index is 2.09. The SMILES string of the molecule is Cc1cccc(CN(C)c2ccc(CN)nn2)c1. The lowest BCUT2D eigenvalue weighted by molar-refractivity contribution is 0.836. The van der Waals surface area contributed by atoms with Gasteiger partial charge >= 0.3 is 0 Å². The average Bonchev–Trinajstić information content (AvgIpc) is 2.39. The maximum atomic E-state index is 5.50. The van der Waals surface area contributed by atoms with Crippen LogP contribution in [0.25, 0.3) is 0 Å². The van der Waals surface area contributed by atoms with E-state index in [0.717, 1.165) is 18.1 Å². The molecular weight excluding hydrogens is 224 g/mol. The summed E-state index contributed by atoms with van der Waals surface area (Å²) in [5, 5.41) is 8.22. The van der Waals surface area contributed by atoms with Crippen molar-refractivity contribution in [2.24, 2.45) is 5.73 Å². The summed E-state index contributed by atoms with van der Waals surface area (Å²) in [6.45, 7) is 3.34. The van der Waals surface area contributed by atoms with Gasteiger partial charge < -0.3 is 10.6 Å². The molecule has 1 aromatic carbocycles. The van der Waals surface area contributed by atoms with Gasteiger partial charge in [-0.2, -0.15) is 5.10 Å². The molecular formula is C14H18N4. The van der Waals surface area contributed by atoms with E-state index >= 15 is 0 Å². The number of benzene rings is 1. The zero-order chi connectivity index (χ0) is 13.0. The molecule has 18 heavy (non-hydrogen) atoms. The van der Waals surface area contributed by atoms with Gasteiger partial charge in [0.25, 0.3) is 0 Å². The van der Waals surface area contributed by atoms with Crippen LogP contribution in [0, 0.1) is 6.92 Å². The molecule has 0 spiro atoms. The van der Waals surface area contributed by atoms with Crippen LogP contribution in [0.5, 0.6) is 0 Å². The Morgan fingerprint density at radius 1 is 1.17 bits per heavy atom. The lowest BCUT2D eigenvalue weighted by Crippen LogP contribution is -2.18. The maximum absolute atomic E-state index is 5.50. The van der Waals surface area contributed by atoms with E-state index in [1.807, 2.05) is 19.2 Å². The van der Waals surface area contributed by atoms with E-state index in [0.29, 0.717) is 6.54 Å². The van der Waals surface area contributed by atoms with Crippen molar-refractivity contribution in [2.75, 3.05) is 11.9 Å². The molecule has 0 saturated carbocycles. The summed E-state index contributed by atoms with van der Waals surface area (Å²) in [4.78, 5) is 2.07. The van der Waals surface area contributed by atoms with Crippen LogP contribution in [-0.4, -0.2) is 17.2 Å². The molecule has 1 heterocycles. The van der Waals surface area contributed by atoms with E-state index in [2.05, 4.69) is 46.3 Å². The highest BCUT2D eigenvalue weighted by molar-refractivity contribution is 5.38. The zero-order valence-corrected chi connectivity index (χ0v) is 10.8. The van der Waals surface area contributed by atoms with Crippen LogP contribution in [0.4, 0.5) is 5.82 Å². The largest absolute Gasteiger partial charge is 0.354 e. The standard InChI is InChI=1S/C14H18N4/c1-11-4-3-5-12(8-11)10-18(2)14-7-6-13(9-15)16-17-14/h3-8H,9-10,15H2,1-2H3. The number of hydrogen-bond donors (Lipinski definition) is 1. The summed E-state index contributed by atoms with van der Waals surface area (Å²) >= 11 is 0. The van der Waals surface area contributed by atoms with Gasteiger partial charge in [0.2, 0.25) is 0 Å². The van der Waals surface area contributed by atoms with Crippen molar-refractivity contribution in [3.63, 3.8) is 0 Å². The maximum Gasteiger partial charge on any atom is 0.151 e. The van der Waals surface area contributed by atoms with E-state index in [4.69, 9.17) is 5.73 Å². The highest BCUT2D eigenvalue weighted by Gasteiger charge is 2.04. The van der Waals surface area contributed by atoms with Crippen LogP contribution >= 0.6 is 0 Å². The van der Waals surface area contributed by atoms with Gasteiger partial charge in [-0.1, -0.05) is 29.8 Å². The van der Waals surface area contributed by atoms with E-state index in [1.54, 1.807) is 0 Å². The predicted molar refractivity (Wildman–Crippen MR) is 73.2 cm³/mol. The molecule has 0 aliphatic rings. The Morgan fingerprint density at radius 3 is 2.61 bits per heavy atom. The number of rotatable bonds is 4. The van der Waals surface area contributed by atoms with Crippen molar-refractivity contribution in [1.29, 1.82) is 0 Å². The molecule has 0 aliphatic carbocycles. The molecule has 0 radical (unpaired) electrons. The molecule has 94 valence electrons. The third-order valence-corrected chi connectivity index (χ3v) is 2.81. The number of hydrogen-bond acceptors (Lipinski definition) is 4. The van der Waals surface area contributed by atoms with Crippen molar-refractivity contribution >= 4 is 5.82 Å². The first kappa shape index (κ1) is 12.5. The summed E-state index contributed by atoms with van der Waals surface area (Å²) in [7, 11) is 2.01. The number of aromatic nitrogens is 2. The Kier molecular flexibility index (Phi) is 3.89. The summed E-state index contributed by atoms with van der Waals surface area (Å²) < 4.78 is 0. The van der Waals surface area contributed by atoms with Crippen LogP contribution in [-0.2, 0) is 13.1 Å². The van der Waals surface area contributed by atoms with E-state index < -0.39 is 0 Å². The predicted octanol–water partition coefficient (Wildman–Crippen LogP) is 1.88. The fraction of sp³-hybridized carbons (Fsp3) is 0.286. The fourth-order valence-electron chi connectivity index (χ4n) is 1.83. The Morgan fingerprint density at radius 2 is 2.00 bits per heavy atom. The van der Waals surface area contributed by atoms with Gasteiger partial charge in [0.05, 0.1) is 5.69 Å². The highest BCUT2D eigenvalue weighted by Crippen LogP contribution is 2.12. The van der Waals surface area contributed by atoms with E-state index in [-0.39, 0.29) is 0 Å². The minimum absolute atomic E-state index is 0.425. The van der Waals surface area contributed by atoms with Gasteiger partial charge in [-0.25, -0.2) is 0 Å². The Labute approximate surface area is 107 Å². The number of nitrogens with two attached hydrogens (primary N) is 1. The first-order chi connectivity index (χ1) is 8.69. The summed E-state index contributed by atoms with van der Waals surface area (Å²) in [6, 6.07) is 12.3. The van der Waals surface area contributed by atoms with Gasteiger partial charge in [-0.3, -0.25) is 0 Å². The molecule has 0 atom stereocenters. The summed E-state index contributed by atoms with van der Waals surface area (Å²) in [5.41, 5.74) is 8.84. The molecule has 0 aliphatic heterocycles. The number of anilines is 1. The van der Waals surface area contributed by atoms with E-state index in [1.165, 1.54) is 11.1 Å². The van der Waals surface area contributed by atoms with Crippen molar-refractivity contribution in [1.82, 2.24) is 10.2 Å². The summed E-state index contributed by atoms with van der Waals surface area (Å²) in [5.74, 6) is 0.855. The monoisotopic (exact) mass is 242 g/mol. The number of aryl methyl sites for hydroxylation is 1. The van der Waals surface area contributed by atoms with Gasteiger partial charge in [0.15, 0.2) is 5.82 Å². The van der Waals surface area contributed by atoms with E-state index in [9.17, 15) is 0 Å². The first-order valence-electron chi connectivity index (χ1n) is 5.98. The molecule has 2 N–H and O–H groups in total. The quantitative estimate of drug-likeness (QED) is 0.889. The van der Waals surface area contributed by atoms with Crippen LogP contribution < -0.4 is 10.6 Å². The van der Waals surface area contributed by atoms with Crippen molar-refractivity contribution in [3.8, 4) is 0 Å². The highest BCUT2D eigenvalue weighted by atomic mass is 15.2. The van der Waals surface area contributed by atoms with Crippen LogP contribution in [0.15, 0.2) is 36.4 Å². The lowest BCUT2D eigenvalue weighted by atomic mass is 10.1. The second-order valence-corrected chi connectivity index (χ2v) is 4.43. The topological polar surface area (TPSA) is 55.0 Å². The second kappa shape index (κ2) is 5.60. The molecule has 0 bridgehead atoms. The molecule has 2 aromatic rings. The minimum atomic E-state index is 0.425. The van der Waals surface area contributed by atoms with Gasteiger partial charge in [0.1, 0.15) is 0 Å². The smallest absolute Gasteiger partial charge is 0.151 e. The third-order valence-electron chi connectivity index (χ3n) is 2.81. The Bertz CT molecular complexity index is 507. The summed E-state index contributed by atoms with van der Waals surface area (Å²) in [6.07, 6.45) is 0. The first-order valence-corrected chi connectivity index (χ1v) is 5.98. The molecule has 4 nitrogen and oxygen atoms in total. The molecule has 2 rings (SSSR count). The van der Waals surface area contributed by atoms with Crippen LogP contribution in [0.3, 0.4) is 0 Å².